The van der Waals surface area contributed by atoms with Crippen LogP contribution in [0.1, 0.15) is 30.1 Å². The van der Waals surface area contributed by atoms with Crippen LogP contribution in [0.15, 0.2) is 22.9 Å². The lowest BCUT2D eigenvalue weighted by atomic mass is 10.2. The van der Waals surface area contributed by atoms with E-state index < -0.39 is 0 Å². The molecule has 1 unspecified atom stereocenters. The standard InChI is InChI=1S/C13H18BrN3O/c1-10(17-6-2-3-7-17)8-16-13(18)11-4-5-12(14)15-9-11/h4-5,9-10H,2-3,6-8H2,1H3,(H,16,18). The fourth-order valence-electron chi connectivity index (χ4n) is 2.16. The first kappa shape index (κ1) is 13.5. The summed E-state index contributed by atoms with van der Waals surface area (Å²) in [6, 6.07) is 3.95. The van der Waals surface area contributed by atoms with Gasteiger partial charge in [0.15, 0.2) is 0 Å². The minimum atomic E-state index is -0.0546. The number of hydrogen-bond acceptors (Lipinski definition) is 3. The third-order valence-electron chi connectivity index (χ3n) is 3.31. The molecule has 5 heteroatoms. The van der Waals surface area contributed by atoms with Gasteiger partial charge < -0.3 is 5.32 Å². The lowest BCUT2D eigenvalue weighted by Gasteiger charge is -2.23. The van der Waals surface area contributed by atoms with Gasteiger partial charge >= 0.3 is 0 Å². The van der Waals surface area contributed by atoms with Crippen molar-refractivity contribution in [2.24, 2.45) is 0 Å². The maximum atomic E-state index is 11.9. The van der Waals surface area contributed by atoms with Gasteiger partial charge in [0.1, 0.15) is 4.60 Å². The van der Waals surface area contributed by atoms with Crippen LogP contribution in [0.3, 0.4) is 0 Å². The van der Waals surface area contributed by atoms with Crippen molar-refractivity contribution in [3.05, 3.63) is 28.5 Å². The fourth-order valence-corrected chi connectivity index (χ4v) is 2.40. The quantitative estimate of drug-likeness (QED) is 0.866. The third kappa shape index (κ3) is 3.53. The normalized spacial score (nSPS) is 17.7. The fraction of sp³-hybridized carbons (Fsp3) is 0.538. The van der Waals surface area contributed by atoms with Gasteiger partial charge in [0, 0.05) is 18.8 Å². The molecule has 2 heterocycles. The van der Waals surface area contributed by atoms with E-state index in [0.717, 1.165) is 17.7 Å². The van der Waals surface area contributed by atoms with Crippen molar-refractivity contribution in [2.45, 2.75) is 25.8 Å². The highest BCUT2D eigenvalue weighted by Gasteiger charge is 2.18. The van der Waals surface area contributed by atoms with E-state index in [1.165, 1.54) is 12.8 Å². The molecule has 1 aromatic heterocycles. The topological polar surface area (TPSA) is 45.2 Å². The Morgan fingerprint density at radius 3 is 2.83 bits per heavy atom. The summed E-state index contributed by atoms with van der Waals surface area (Å²) < 4.78 is 0.740. The van der Waals surface area contributed by atoms with Crippen molar-refractivity contribution in [1.82, 2.24) is 15.2 Å². The number of aromatic nitrogens is 1. The zero-order valence-corrected chi connectivity index (χ0v) is 12.1. The molecule has 0 saturated carbocycles. The van der Waals surface area contributed by atoms with E-state index in [9.17, 15) is 4.79 Å². The molecule has 0 aromatic carbocycles. The van der Waals surface area contributed by atoms with Crippen LogP contribution in [0, 0.1) is 0 Å². The van der Waals surface area contributed by atoms with E-state index in [4.69, 9.17) is 0 Å². The largest absolute Gasteiger partial charge is 0.350 e. The summed E-state index contributed by atoms with van der Waals surface area (Å²) in [5.74, 6) is -0.0546. The molecule has 1 atom stereocenters. The van der Waals surface area contributed by atoms with Gasteiger partial charge in [-0.05, 0) is 60.9 Å². The first-order valence-corrected chi connectivity index (χ1v) is 7.10. The minimum absolute atomic E-state index is 0.0546. The molecule has 4 nitrogen and oxygen atoms in total. The Bertz CT molecular complexity index is 401. The van der Waals surface area contributed by atoms with Crippen molar-refractivity contribution < 1.29 is 4.79 Å². The Kier molecular flexibility index (Phi) is 4.72. The Labute approximate surface area is 116 Å². The predicted molar refractivity (Wildman–Crippen MR) is 74.5 cm³/mol. The molecule has 1 amide bonds. The highest BCUT2D eigenvalue weighted by atomic mass is 79.9. The van der Waals surface area contributed by atoms with Crippen LogP contribution in [-0.4, -0.2) is 41.5 Å². The summed E-state index contributed by atoms with van der Waals surface area (Å²) >= 11 is 3.25. The average molecular weight is 312 g/mol. The Balaban J connectivity index is 1.82. The first-order chi connectivity index (χ1) is 8.66. The minimum Gasteiger partial charge on any atom is -0.350 e. The molecular formula is C13H18BrN3O. The highest BCUT2D eigenvalue weighted by Crippen LogP contribution is 2.11. The van der Waals surface area contributed by atoms with Crippen LogP contribution in [0.2, 0.25) is 0 Å². The van der Waals surface area contributed by atoms with Crippen molar-refractivity contribution in [3.63, 3.8) is 0 Å². The number of nitrogens with one attached hydrogen (secondary N) is 1. The van der Waals surface area contributed by atoms with Gasteiger partial charge in [-0.15, -0.1) is 0 Å². The zero-order chi connectivity index (χ0) is 13.0. The highest BCUT2D eigenvalue weighted by molar-refractivity contribution is 9.10. The lowest BCUT2D eigenvalue weighted by molar-refractivity contribution is 0.0940. The summed E-state index contributed by atoms with van der Waals surface area (Å²) in [7, 11) is 0. The van der Waals surface area contributed by atoms with E-state index in [-0.39, 0.29) is 5.91 Å². The number of rotatable bonds is 4. The Hall–Kier alpha value is -0.940. The Morgan fingerprint density at radius 1 is 1.50 bits per heavy atom. The van der Waals surface area contributed by atoms with Gasteiger partial charge in [0.25, 0.3) is 5.91 Å². The monoisotopic (exact) mass is 311 g/mol. The summed E-state index contributed by atoms with van der Waals surface area (Å²) in [6.07, 6.45) is 4.13. The van der Waals surface area contributed by atoms with E-state index in [1.54, 1.807) is 18.3 Å². The van der Waals surface area contributed by atoms with Crippen LogP contribution < -0.4 is 5.32 Å². The summed E-state index contributed by atoms with van der Waals surface area (Å²) in [4.78, 5) is 18.4. The van der Waals surface area contributed by atoms with E-state index >= 15 is 0 Å². The van der Waals surface area contributed by atoms with Gasteiger partial charge in [-0.1, -0.05) is 0 Å². The molecule has 1 aliphatic rings. The smallest absolute Gasteiger partial charge is 0.252 e. The van der Waals surface area contributed by atoms with E-state index in [0.29, 0.717) is 18.2 Å². The molecule has 2 rings (SSSR count). The number of pyridine rings is 1. The van der Waals surface area contributed by atoms with Gasteiger partial charge in [0.05, 0.1) is 5.56 Å². The second kappa shape index (κ2) is 6.29. The SMILES string of the molecule is CC(CNC(=O)c1ccc(Br)nc1)N1CCCC1. The van der Waals surface area contributed by atoms with Crippen LogP contribution in [0.25, 0.3) is 0 Å². The molecule has 0 aliphatic carbocycles. The van der Waals surface area contributed by atoms with E-state index in [2.05, 4.69) is 38.1 Å². The predicted octanol–water partition coefficient (Wildman–Crippen LogP) is 2.06. The Morgan fingerprint density at radius 2 is 2.22 bits per heavy atom. The molecule has 1 aromatic rings. The van der Waals surface area contributed by atoms with E-state index in [1.807, 2.05) is 0 Å². The molecule has 1 N–H and O–H groups in total. The van der Waals surface area contributed by atoms with Gasteiger partial charge in [0.2, 0.25) is 0 Å². The van der Waals surface area contributed by atoms with Gasteiger partial charge in [-0.3, -0.25) is 9.69 Å². The molecule has 1 aliphatic heterocycles. The number of halogens is 1. The molecule has 1 saturated heterocycles. The molecule has 98 valence electrons. The molecule has 1 fully saturated rings. The average Bonchev–Trinajstić information content (AvgIpc) is 2.90. The number of hydrogen-bond donors (Lipinski definition) is 1. The maximum absolute atomic E-state index is 11.9. The molecule has 0 radical (unpaired) electrons. The number of carbonyl (C=O) groups excluding carboxylic acids is 1. The number of carbonyl (C=O) groups is 1. The second-order valence-electron chi connectivity index (χ2n) is 4.67. The molecule has 0 spiro atoms. The summed E-state index contributed by atoms with van der Waals surface area (Å²) in [5.41, 5.74) is 0.604. The number of amides is 1. The van der Waals surface area contributed by atoms with Gasteiger partial charge in [-0.2, -0.15) is 0 Å². The third-order valence-corrected chi connectivity index (χ3v) is 3.78. The van der Waals surface area contributed by atoms with Crippen LogP contribution in [0.5, 0.6) is 0 Å². The van der Waals surface area contributed by atoms with Crippen LogP contribution in [-0.2, 0) is 0 Å². The van der Waals surface area contributed by atoms with Crippen molar-refractivity contribution >= 4 is 21.8 Å². The maximum Gasteiger partial charge on any atom is 0.252 e. The molecule has 0 bridgehead atoms. The van der Waals surface area contributed by atoms with Crippen LogP contribution >= 0.6 is 15.9 Å². The number of likely N-dealkylation sites (tertiary alicyclic amines) is 1. The van der Waals surface area contributed by atoms with Crippen molar-refractivity contribution in [1.29, 1.82) is 0 Å². The van der Waals surface area contributed by atoms with Crippen molar-refractivity contribution in [3.8, 4) is 0 Å². The number of nitrogens with zero attached hydrogens (tertiary/aromatic N) is 2. The lowest BCUT2D eigenvalue weighted by Crippen LogP contribution is -2.40. The second-order valence-corrected chi connectivity index (χ2v) is 5.48. The summed E-state index contributed by atoms with van der Waals surface area (Å²) in [6.45, 7) is 5.15. The zero-order valence-electron chi connectivity index (χ0n) is 10.5. The van der Waals surface area contributed by atoms with Crippen LogP contribution in [0.4, 0.5) is 0 Å². The van der Waals surface area contributed by atoms with Crippen molar-refractivity contribution in [2.75, 3.05) is 19.6 Å². The summed E-state index contributed by atoms with van der Waals surface area (Å²) in [5, 5.41) is 2.96. The molecule has 18 heavy (non-hydrogen) atoms. The molecular weight excluding hydrogens is 294 g/mol. The first-order valence-electron chi connectivity index (χ1n) is 6.30. The van der Waals surface area contributed by atoms with Gasteiger partial charge in [-0.25, -0.2) is 4.98 Å².